The third-order valence-electron chi connectivity index (χ3n) is 3.36. The minimum Gasteiger partial charge on any atom is -0.496 e. The zero-order valence-electron chi connectivity index (χ0n) is 12.5. The highest BCUT2D eigenvalue weighted by Gasteiger charge is 2.40. The van der Waals surface area contributed by atoms with E-state index in [2.05, 4.69) is 21.0 Å². The van der Waals surface area contributed by atoms with Gasteiger partial charge in [0, 0.05) is 16.6 Å². The lowest BCUT2D eigenvalue weighted by atomic mass is 10.0. The van der Waals surface area contributed by atoms with Crippen LogP contribution < -0.4 is 4.74 Å². The summed E-state index contributed by atoms with van der Waals surface area (Å²) >= 11 is 3.30. The van der Waals surface area contributed by atoms with E-state index in [9.17, 15) is 13.2 Å². The highest BCUT2D eigenvalue weighted by molar-refractivity contribution is 9.10. The van der Waals surface area contributed by atoms with Crippen molar-refractivity contribution >= 4 is 15.9 Å². The molecule has 0 unspecified atom stereocenters. The molecule has 2 rings (SSSR count). The van der Waals surface area contributed by atoms with E-state index >= 15 is 0 Å². The average molecular weight is 377 g/mol. The largest absolute Gasteiger partial charge is 0.496 e. The van der Waals surface area contributed by atoms with Gasteiger partial charge in [0.25, 0.3) is 0 Å². The first-order valence-corrected chi connectivity index (χ1v) is 7.63. The van der Waals surface area contributed by atoms with Crippen LogP contribution in [0.2, 0.25) is 0 Å². The standard InChI is InChI=1S/C15H16BrF3N2O/c1-4-11-13(15(17,18)19)14(21(5-2)20-11)10-7-6-9(16)8-12(10)22-3/h6-8H,4-5H2,1-3H3. The van der Waals surface area contributed by atoms with Gasteiger partial charge in [-0.2, -0.15) is 18.3 Å². The van der Waals surface area contributed by atoms with Crippen molar-refractivity contribution in [3.05, 3.63) is 33.9 Å². The van der Waals surface area contributed by atoms with Crippen LogP contribution in [0.3, 0.4) is 0 Å². The maximum absolute atomic E-state index is 13.5. The van der Waals surface area contributed by atoms with Gasteiger partial charge in [-0.3, -0.25) is 4.68 Å². The molecular weight excluding hydrogens is 361 g/mol. The molecule has 0 atom stereocenters. The van der Waals surface area contributed by atoms with E-state index in [1.807, 2.05) is 0 Å². The van der Waals surface area contributed by atoms with Gasteiger partial charge in [-0.1, -0.05) is 22.9 Å². The molecule has 0 saturated heterocycles. The van der Waals surface area contributed by atoms with Crippen molar-refractivity contribution in [1.29, 1.82) is 0 Å². The molecule has 0 N–H and O–H groups in total. The van der Waals surface area contributed by atoms with E-state index in [-0.39, 0.29) is 17.8 Å². The molecule has 0 spiro atoms. The molecule has 1 aromatic heterocycles. The van der Waals surface area contributed by atoms with Gasteiger partial charge in [0.15, 0.2) is 0 Å². The lowest BCUT2D eigenvalue weighted by molar-refractivity contribution is -0.137. The van der Waals surface area contributed by atoms with Crippen LogP contribution in [0.5, 0.6) is 5.75 Å². The molecule has 3 nitrogen and oxygen atoms in total. The lowest BCUT2D eigenvalue weighted by Crippen LogP contribution is -2.10. The topological polar surface area (TPSA) is 27.1 Å². The summed E-state index contributed by atoms with van der Waals surface area (Å²) in [5.74, 6) is 0.372. The quantitative estimate of drug-likeness (QED) is 0.756. The number of alkyl halides is 3. The molecule has 0 bridgehead atoms. The number of aromatic nitrogens is 2. The minimum atomic E-state index is -4.47. The van der Waals surface area contributed by atoms with Crippen LogP contribution in [0.25, 0.3) is 11.3 Å². The molecule has 0 aliphatic heterocycles. The predicted octanol–water partition coefficient (Wildman–Crippen LogP) is 4.92. The van der Waals surface area contributed by atoms with Gasteiger partial charge in [0.05, 0.1) is 18.5 Å². The molecule has 0 aliphatic rings. The summed E-state index contributed by atoms with van der Waals surface area (Å²) < 4.78 is 48.0. The number of hydrogen-bond donors (Lipinski definition) is 0. The molecule has 22 heavy (non-hydrogen) atoms. The van der Waals surface area contributed by atoms with Gasteiger partial charge in [0.1, 0.15) is 11.3 Å². The van der Waals surface area contributed by atoms with E-state index in [0.29, 0.717) is 17.9 Å². The average Bonchev–Trinajstić information content (AvgIpc) is 2.85. The number of methoxy groups -OCH3 is 1. The first-order chi connectivity index (χ1) is 10.3. The third-order valence-corrected chi connectivity index (χ3v) is 3.85. The van der Waals surface area contributed by atoms with Crippen molar-refractivity contribution in [2.75, 3.05) is 7.11 Å². The molecule has 2 aromatic rings. The second kappa shape index (κ2) is 6.32. The molecule has 0 fully saturated rings. The molecule has 0 amide bonds. The Morgan fingerprint density at radius 2 is 1.95 bits per heavy atom. The normalized spacial score (nSPS) is 11.8. The monoisotopic (exact) mass is 376 g/mol. The van der Waals surface area contributed by atoms with Crippen LogP contribution in [-0.2, 0) is 19.1 Å². The summed E-state index contributed by atoms with van der Waals surface area (Å²) in [5, 5.41) is 4.12. The van der Waals surface area contributed by atoms with Gasteiger partial charge in [-0.25, -0.2) is 0 Å². The van der Waals surface area contributed by atoms with Gasteiger partial charge >= 0.3 is 6.18 Å². The second-order valence-corrected chi connectivity index (χ2v) is 5.60. The van der Waals surface area contributed by atoms with Crippen molar-refractivity contribution in [2.24, 2.45) is 0 Å². The smallest absolute Gasteiger partial charge is 0.420 e. The second-order valence-electron chi connectivity index (χ2n) is 4.68. The summed E-state index contributed by atoms with van der Waals surface area (Å²) in [6.07, 6.45) is -4.25. The van der Waals surface area contributed by atoms with E-state index in [0.717, 1.165) is 4.47 Å². The fourth-order valence-corrected chi connectivity index (χ4v) is 2.76. The van der Waals surface area contributed by atoms with Gasteiger partial charge < -0.3 is 4.74 Å². The summed E-state index contributed by atoms with van der Waals surface area (Å²) in [7, 11) is 1.44. The Morgan fingerprint density at radius 1 is 1.27 bits per heavy atom. The van der Waals surface area contributed by atoms with E-state index in [4.69, 9.17) is 4.74 Å². The Balaban J connectivity index is 2.82. The number of benzene rings is 1. The third kappa shape index (κ3) is 2.99. The molecule has 0 aliphatic carbocycles. The Kier molecular flexibility index (Phi) is 4.84. The minimum absolute atomic E-state index is 0.0503. The molecule has 0 saturated carbocycles. The maximum atomic E-state index is 13.5. The van der Waals surface area contributed by atoms with E-state index in [1.54, 1.807) is 32.0 Å². The van der Waals surface area contributed by atoms with Crippen molar-refractivity contribution in [1.82, 2.24) is 9.78 Å². The fourth-order valence-electron chi connectivity index (χ4n) is 2.42. The van der Waals surface area contributed by atoms with Crippen molar-refractivity contribution < 1.29 is 17.9 Å². The summed E-state index contributed by atoms with van der Waals surface area (Å²) in [6, 6.07) is 4.95. The number of aryl methyl sites for hydroxylation is 2. The van der Waals surface area contributed by atoms with Gasteiger partial charge in [-0.15, -0.1) is 0 Å². The zero-order chi connectivity index (χ0) is 16.5. The summed E-state index contributed by atoms with van der Waals surface area (Å²) in [6.45, 7) is 3.78. The molecular formula is C15H16BrF3N2O. The molecule has 7 heteroatoms. The molecule has 1 aromatic carbocycles. The highest BCUT2D eigenvalue weighted by Crippen LogP contribution is 2.43. The Hall–Kier alpha value is -1.50. The van der Waals surface area contributed by atoms with Crippen molar-refractivity contribution in [3.63, 3.8) is 0 Å². The van der Waals surface area contributed by atoms with Crippen LogP contribution in [0.1, 0.15) is 25.1 Å². The first-order valence-electron chi connectivity index (χ1n) is 6.84. The maximum Gasteiger partial charge on any atom is 0.420 e. The number of nitrogens with zero attached hydrogens (tertiary/aromatic N) is 2. The zero-order valence-corrected chi connectivity index (χ0v) is 14.0. The van der Waals surface area contributed by atoms with Crippen molar-refractivity contribution in [3.8, 4) is 17.0 Å². The number of rotatable bonds is 4. The number of halogens is 4. The first kappa shape index (κ1) is 16.9. The van der Waals surface area contributed by atoms with Crippen LogP contribution in [0.4, 0.5) is 13.2 Å². The Bertz CT molecular complexity index is 680. The molecule has 1 heterocycles. The van der Waals surface area contributed by atoms with Crippen LogP contribution in [-0.4, -0.2) is 16.9 Å². The van der Waals surface area contributed by atoms with E-state index < -0.39 is 11.7 Å². The van der Waals surface area contributed by atoms with Crippen LogP contribution in [0.15, 0.2) is 22.7 Å². The number of hydrogen-bond acceptors (Lipinski definition) is 2. The Labute approximate surface area is 135 Å². The summed E-state index contributed by atoms with van der Waals surface area (Å²) in [5.41, 5.74) is -0.199. The highest BCUT2D eigenvalue weighted by atomic mass is 79.9. The lowest BCUT2D eigenvalue weighted by Gasteiger charge is -2.14. The van der Waals surface area contributed by atoms with E-state index in [1.165, 1.54) is 11.8 Å². The molecule has 0 radical (unpaired) electrons. The predicted molar refractivity (Wildman–Crippen MR) is 82.0 cm³/mol. The fraction of sp³-hybridized carbons (Fsp3) is 0.400. The SMILES string of the molecule is CCc1nn(CC)c(-c2ccc(Br)cc2OC)c1C(F)(F)F. The van der Waals surface area contributed by atoms with Crippen LogP contribution >= 0.6 is 15.9 Å². The van der Waals surface area contributed by atoms with Crippen molar-refractivity contribution in [2.45, 2.75) is 33.0 Å². The van der Waals surface area contributed by atoms with Gasteiger partial charge in [0.2, 0.25) is 0 Å². The van der Waals surface area contributed by atoms with Crippen LogP contribution in [0, 0.1) is 0 Å². The summed E-state index contributed by atoms with van der Waals surface area (Å²) in [4.78, 5) is 0. The number of ether oxygens (including phenoxy) is 1. The Morgan fingerprint density at radius 3 is 2.45 bits per heavy atom. The van der Waals surface area contributed by atoms with Gasteiger partial charge in [-0.05, 0) is 31.5 Å². The molecule has 120 valence electrons.